The fourth-order valence-electron chi connectivity index (χ4n) is 2.21. The molecule has 0 unspecified atom stereocenters. The highest BCUT2D eigenvalue weighted by atomic mass is 32.2. The highest BCUT2D eigenvalue weighted by molar-refractivity contribution is 7.89. The van der Waals surface area contributed by atoms with Crippen molar-refractivity contribution in [3.05, 3.63) is 35.9 Å². The first-order chi connectivity index (χ1) is 8.13. The molecule has 0 aromatic heterocycles. The van der Waals surface area contributed by atoms with E-state index in [9.17, 15) is 13.5 Å². The molecule has 1 N–H and O–H groups in total. The lowest BCUT2D eigenvalue weighted by Gasteiger charge is -2.24. The Kier molecular flexibility index (Phi) is 3.81. The van der Waals surface area contributed by atoms with Gasteiger partial charge in [-0.15, -0.1) is 0 Å². The first-order valence-corrected chi connectivity index (χ1v) is 7.39. The minimum atomic E-state index is -3.15. The average Bonchev–Trinajstić information content (AvgIpc) is 2.67. The van der Waals surface area contributed by atoms with Gasteiger partial charge in [0.05, 0.1) is 18.4 Å². The minimum absolute atomic E-state index is 0.131. The predicted octanol–water partition coefficient (Wildman–Crippen LogP) is 0.625. The first kappa shape index (κ1) is 12.5. The van der Waals surface area contributed by atoms with Gasteiger partial charge in [0.2, 0.25) is 10.0 Å². The molecule has 5 heteroatoms. The van der Waals surface area contributed by atoms with Gasteiger partial charge in [-0.1, -0.05) is 30.3 Å². The summed E-state index contributed by atoms with van der Waals surface area (Å²) in [6.45, 7) is 0.397. The maximum Gasteiger partial charge on any atom is 0.214 e. The number of hydrogen-bond donors (Lipinski definition) is 1. The Morgan fingerprint density at radius 1 is 1.29 bits per heavy atom. The van der Waals surface area contributed by atoms with Crippen LogP contribution in [0.5, 0.6) is 0 Å². The highest BCUT2D eigenvalue weighted by Gasteiger charge is 2.33. The minimum Gasteiger partial charge on any atom is -0.395 e. The summed E-state index contributed by atoms with van der Waals surface area (Å²) in [5.74, 6) is 0.207. The van der Waals surface area contributed by atoms with Crippen molar-refractivity contribution in [2.45, 2.75) is 18.9 Å². The molecule has 0 amide bonds. The first-order valence-electron chi connectivity index (χ1n) is 5.78. The van der Waals surface area contributed by atoms with Crippen LogP contribution in [0.1, 0.15) is 12.0 Å². The molecule has 1 aromatic carbocycles. The van der Waals surface area contributed by atoms with E-state index in [0.717, 1.165) is 5.56 Å². The summed E-state index contributed by atoms with van der Waals surface area (Å²) in [4.78, 5) is 0. The summed E-state index contributed by atoms with van der Waals surface area (Å²) >= 11 is 0. The number of nitrogens with zero attached hydrogens (tertiary/aromatic N) is 1. The lowest BCUT2D eigenvalue weighted by molar-refractivity contribution is 0.192. The number of rotatable bonds is 4. The molecule has 1 fully saturated rings. The van der Waals surface area contributed by atoms with E-state index in [1.165, 1.54) is 4.31 Å². The molecule has 0 bridgehead atoms. The molecule has 1 atom stereocenters. The SMILES string of the molecule is O=S1(=O)CCCN1[C@@H](CO)Cc1ccccc1. The Bertz CT molecular complexity index is 458. The highest BCUT2D eigenvalue weighted by Crippen LogP contribution is 2.19. The van der Waals surface area contributed by atoms with E-state index in [-0.39, 0.29) is 18.4 Å². The van der Waals surface area contributed by atoms with Crippen molar-refractivity contribution < 1.29 is 13.5 Å². The largest absolute Gasteiger partial charge is 0.395 e. The monoisotopic (exact) mass is 255 g/mol. The summed E-state index contributed by atoms with van der Waals surface area (Å²) < 4.78 is 25.0. The van der Waals surface area contributed by atoms with E-state index in [0.29, 0.717) is 19.4 Å². The standard InChI is InChI=1S/C12H17NO3S/c14-10-12(9-11-5-2-1-3-6-11)13-7-4-8-17(13,15)16/h1-3,5-6,12,14H,4,7-10H2/t12-/m1/s1. The van der Waals surface area contributed by atoms with Crippen LogP contribution in [-0.2, 0) is 16.4 Å². The van der Waals surface area contributed by atoms with Gasteiger partial charge in [-0.2, -0.15) is 4.31 Å². The Balaban J connectivity index is 2.12. The van der Waals surface area contributed by atoms with Crippen molar-refractivity contribution >= 4 is 10.0 Å². The predicted molar refractivity (Wildman–Crippen MR) is 66.1 cm³/mol. The number of benzene rings is 1. The van der Waals surface area contributed by atoms with E-state index >= 15 is 0 Å². The summed E-state index contributed by atoms with van der Waals surface area (Å²) in [5, 5.41) is 9.37. The maximum absolute atomic E-state index is 11.8. The lowest BCUT2D eigenvalue weighted by atomic mass is 10.1. The van der Waals surface area contributed by atoms with Crippen LogP contribution in [0.3, 0.4) is 0 Å². The fourth-order valence-corrected chi connectivity index (χ4v) is 3.94. The van der Waals surface area contributed by atoms with E-state index in [1.807, 2.05) is 30.3 Å². The Hall–Kier alpha value is -0.910. The van der Waals surface area contributed by atoms with Crippen molar-refractivity contribution in [1.29, 1.82) is 0 Å². The molecule has 1 heterocycles. The molecule has 0 saturated carbocycles. The topological polar surface area (TPSA) is 57.6 Å². The molecule has 1 aliphatic rings. The molecule has 2 rings (SSSR count). The average molecular weight is 255 g/mol. The van der Waals surface area contributed by atoms with E-state index in [4.69, 9.17) is 0 Å². The molecule has 0 spiro atoms. The Labute approximate surface area is 102 Å². The zero-order valence-corrected chi connectivity index (χ0v) is 10.4. The van der Waals surface area contributed by atoms with Crippen molar-refractivity contribution in [1.82, 2.24) is 4.31 Å². The van der Waals surface area contributed by atoms with E-state index in [1.54, 1.807) is 0 Å². The van der Waals surface area contributed by atoms with Crippen LogP contribution >= 0.6 is 0 Å². The summed E-state index contributed by atoms with van der Waals surface area (Å²) in [7, 11) is -3.15. The fraction of sp³-hybridized carbons (Fsp3) is 0.500. The summed E-state index contributed by atoms with van der Waals surface area (Å²) in [6.07, 6.45) is 1.23. The van der Waals surface area contributed by atoms with Gasteiger partial charge in [0, 0.05) is 6.54 Å². The second-order valence-corrected chi connectivity index (χ2v) is 6.35. The van der Waals surface area contributed by atoms with Gasteiger partial charge in [-0.25, -0.2) is 8.42 Å². The number of aliphatic hydroxyl groups excluding tert-OH is 1. The molecular weight excluding hydrogens is 238 g/mol. The van der Waals surface area contributed by atoms with Crippen molar-refractivity contribution in [2.75, 3.05) is 18.9 Å². The van der Waals surface area contributed by atoms with Gasteiger partial charge in [-0.3, -0.25) is 0 Å². The molecule has 1 saturated heterocycles. The zero-order chi connectivity index (χ0) is 12.3. The van der Waals surface area contributed by atoms with Gasteiger partial charge in [0.25, 0.3) is 0 Å². The Morgan fingerprint density at radius 2 is 2.00 bits per heavy atom. The number of hydrogen-bond acceptors (Lipinski definition) is 3. The number of aliphatic hydroxyl groups is 1. The van der Waals surface area contributed by atoms with E-state index < -0.39 is 10.0 Å². The van der Waals surface area contributed by atoms with Crippen LogP contribution in [-0.4, -0.2) is 42.8 Å². The molecule has 0 aliphatic carbocycles. The quantitative estimate of drug-likeness (QED) is 0.858. The van der Waals surface area contributed by atoms with Crippen LogP contribution in [0.4, 0.5) is 0 Å². The van der Waals surface area contributed by atoms with Gasteiger partial charge < -0.3 is 5.11 Å². The van der Waals surface area contributed by atoms with Crippen molar-refractivity contribution in [3.63, 3.8) is 0 Å². The third-order valence-electron chi connectivity index (χ3n) is 3.07. The van der Waals surface area contributed by atoms with Crippen molar-refractivity contribution in [2.24, 2.45) is 0 Å². The van der Waals surface area contributed by atoms with Crippen molar-refractivity contribution in [3.8, 4) is 0 Å². The Morgan fingerprint density at radius 3 is 2.53 bits per heavy atom. The molecule has 1 aromatic rings. The van der Waals surface area contributed by atoms with Crippen LogP contribution < -0.4 is 0 Å². The molecule has 1 aliphatic heterocycles. The molecular formula is C12H17NO3S. The van der Waals surface area contributed by atoms with Crippen LogP contribution in [0.25, 0.3) is 0 Å². The van der Waals surface area contributed by atoms with Gasteiger partial charge >= 0.3 is 0 Å². The van der Waals surface area contributed by atoms with Gasteiger partial charge in [0.15, 0.2) is 0 Å². The second kappa shape index (κ2) is 5.16. The maximum atomic E-state index is 11.8. The molecule has 17 heavy (non-hydrogen) atoms. The van der Waals surface area contributed by atoms with Crippen LogP contribution in [0.15, 0.2) is 30.3 Å². The molecule has 0 radical (unpaired) electrons. The van der Waals surface area contributed by atoms with Crippen LogP contribution in [0.2, 0.25) is 0 Å². The zero-order valence-electron chi connectivity index (χ0n) is 9.62. The molecule has 94 valence electrons. The lowest BCUT2D eigenvalue weighted by Crippen LogP contribution is -2.40. The van der Waals surface area contributed by atoms with Gasteiger partial charge in [0.1, 0.15) is 0 Å². The third-order valence-corrected chi connectivity index (χ3v) is 5.07. The summed E-state index contributed by atoms with van der Waals surface area (Å²) in [6, 6.07) is 9.33. The summed E-state index contributed by atoms with van der Waals surface area (Å²) in [5.41, 5.74) is 1.05. The van der Waals surface area contributed by atoms with E-state index in [2.05, 4.69) is 0 Å². The smallest absolute Gasteiger partial charge is 0.214 e. The van der Waals surface area contributed by atoms with Crippen LogP contribution in [0, 0.1) is 0 Å². The normalized spacial score (nSPS) is 21.5. The molecule has 4 nitrogen and oxygen atoms in total. The third kappa shape index (κ3) is 2.86. The van der Waals surface area contributed by atoms with Gasteiger partial charge in [-0.05, 0) is 18.4 Å². The number of sulfonamides is 1. The second-order valence-electron chi connectivity index (χ2n) is 4.31.